The van der Waals surface area contributed by atoms with Crippen molar-refractivity contribution in [2.75, 3.05) is 41.3 Å². The van der Waals surface area contributed by atoms with Gasteiger partial charge in [0.2, 0.25) is 5.91 Å². The highest BCUT2D eigenvalue weighted by Gasteiger charge is 2.21. The zero-order valence-corrected chi connectivity index (χ0v) is 16.1. The largest absolute Gasteiger partial charge is 0.349 e. The van der Waals surface area contributed by atoms with Crippen molar-refractivity contribution < 1.29 is 4.79 Å². The summed E-state index contributed by atoms with van der Waals surface area (Å²) in [5, 5.41) is 2.10. The molecule has 1 amide bonds. The van der Waals surface area contributed by atoms with E-state index in [-0.39, 0.29) is 36.4 Å². The van der Waals surface area contributed by atoms with Crippen LogP contribution in [0.25, 0.3) is 0 Å². The normalized spacial score (nSPS) is 13.0. The van der Waals surface area contributed by atoms with Crippen LogP contribution in [-0.2, 0) is 17.8 Å². The lowest BCUT2D eigenvalue weighted by atomic mass is 10.1. The maximum atomic E-state index is 12.3. The summed E-state index contributed by atoms with van der Waals surface area (Å²) >= 11 is 1.79. The first-order valence-corrected chi connectivity index (χ1v) is 7.59. The van der Waals surface area contributed by atoms with Gasteiger partial charge in [-0.1, -0.05) is 0 Å². The van der Waals surface area contributed by atoms with Gasteiger partial charge in [-0.15, -0.1) is 35.3 Å². The molecule has 0 spiro atoms. The van der Waals surface area contributed by atoms with E-state index in [1.165, 1.54) is 10.4 Å². The Labute approximate surface area is 147 Å². The van der Waals surface area contributed by atoms with Gasteiger partial charge in [0.15, 0.2) is 5.96 Å². The molecule has 118 valence electrons. The lowest BCUT2D eigenvalue weighted by molar-refractivity contribution is -0.130. The van der Waals surface area contributed by atoms with E-state index in [4.69, 9.17) is 0 Å². The fourth-order valence-electron chi connectivity index (χ4n) is 2.38. The number of halogens is 1. The summed E-state index contributed by atoms with van der Waals surface area (Å²) < 4.78 is 0. The van der Waals surface area contributed by atoms with E-state index in [0.29, 0.717) is 0 Å². The summed E-state index contributed by atoms with van der Waals surface area (Å²) in [4.78, 5) is 23.8. The molecule has 1 aromatic rings. The summed E-state index contributed by atoms with van der Waals surface area (Å²) in [6.45, 7) is 1.75. The number of hydrogen-bond acceptors (Lipinski definition) is 3. The number of guanidine groups is 1. The Bertz CT molecular complexity index is 503. The molecule has 21 heavy (non-hydrogen) atoms. The van der Waals surface area contributed by atoms with Crippen LogP contribution < -0.4 is 0 Å². The van der Waals surface area contributed by atoms with Crippen molar-refractivity contribution in [2.24, 2.45) is 4.99 Å². The first-order valence-electron chi connectivity index (χ1n) is 6.71. The van der Waals surface area contributed by atoms with Crippen LogP contribution in [-0.4, -0.2) is 67.8 Å². The van der Waals surface area contributed by atoms with Crippen LogP contribution in [0.15, 0.2) is 16.4 Å². The summed E-state index contributed by atoms with van der Waals surface area (Å²) in [5.41, 5.74) is 1.29. The number of carbonyl (C=O) groups excluding carboxylic acids is 1. The quantitative estimate of drug-likeness (QED) is 0.414. The second-order valence-electron chi connectivity index (χ2n) is 5.34. The number of amides is 1. The Morgan fingerprint density at radius 3 is 2.62 bits per heavy atom. The van der Waals surface area contributed by atoms with Gasteiger partial charge in [0, 0.05) is 46.2 Å². The van der Waals surface area contributed by atoms with Crippen molar-refractivity contribution in [3.8, 4) is 0 Å². The monoisotopic (exact) mass is 422 g/mol. The van der Waals surface area contributed by atoms with Crippen LogP contribution in [0.2, 0.25) is 0 Å². The molecule has 0 saturated heterocycles. The molecule has 0 aromatic carbocycles. The fourth-order valence-corrected chi connectivity index (χ4v) is 3.27. The van der Waals surface area contributed by atoms with Gasteiger partial charge >= 0.3 is 0 Å². The molecule has 1 aromatic heterocycles. The number of thiophene rings is 1. The van der Waals surface area contributed by atoms with E-state index in [0.717, 1.165) is 25.5 Å². The predicted molar refractivity (Wildman–Crippen MR) is 98.5 cm³/mol. The SMILES string of the molecule is CN(C)C(=NCC(=O)N1CCc2sccc2C1)N(C)C.I. The van der Waals surface area contributed by atoms with Crippen molar-refractivity contribution in [1.82, 2.24) is 14.7 Å². The minimum atomic E-state index is 0. The van der Waals surface area contributed by atoms with Gasteiger partial charge in [-0.25, -0.2) is 4.99 Å². The molecule has 0 bridgehead atoms. The van der Waals surface area contributed by atoms with Crippen LogP contribution in [0.5, 0.6) is 0 Å². The summed E-state index contributed by atoms with van der Waals surface area (Å²) in [5.74, 6) is 0.912. The minimum absolute atomic E-state index is 0. The van der Waals surface area contributed by atoms with Crippen LogP contribution in [0, 0.1) is 0 Å². The molecule has 1 aliphatic rings. The Kier molecular flexibility index (Phi) is 6.92. The van der Waals surface area contributed by atoms with E-state index in [2.05, 4.69) is 16.4 Å². The molecule has 7 heteroatoms. The van der Waals surface area contributed by atoms with Crippen LogP contribution in [0.1, 0.15) is 10.4 Å². The Hall–Kier alpha value is -0.830. The standard InChI is InChI=1S/C14H22N4OS.HI/c1-16(2)14(17(3)4)15-9-13(19)18-7-5-12-11(10-18)6-8-20-12;/h6,8H,5,7,9-10H2,1-4H3;1H. The van der Waals surface area contributed by atoms with Gasteiger partial charge in [-0.05, 0) is 23.4 Å². The topological polar surface area (TPSA) is 39.2 Å². The lowest BCUT2D eigenvalue weighted by Crippen LogP contribution is -2.39. The molecule has 0 atom stereocenters. The average Bonchev–Trinajstić information content (AvgIpc) is 2.84. The highest BCUT2D eigenvalue weighted by molar-refractivity contribution is 14.0. The van der Waals surface area contributed by atoms with Gasteiger partial charge < -0.3 is 14.7 Å². The Morgan fingerprint density at radius 2 is 2.00 bits per heavy atom. The molecule has 0 N–H and O–H groups in total. The van der Waals surface area contributed by atoms with E-state index >= 15 is 0 Å². The summed E-state index contributed by atoms with van der Waals surface area (Å²) in [6.07, 6.45) is 0.969. The number of hydrogen-bond donors (Lipinski definition) is 0. The van der Waals surface area contributed by atoms with E-state index in [1.54, 1.807) is 11.3 Å². The van der Waals surface area contributed by atoms with E-state index in [9.17, 15) is 4.79 Å². The maximum absolute atomic E-state index is 12.3. The van der Waals surface area contributed by atoms with E-state index in [1.807, 2.05) is 42.9 Å². The van der Waals surface area contributed by atoms with Crippen molar-refractivity contribution in [2.45, 2.75) is 13.0 Å². The van der Waals surface area contributed by atoms with Gasteiger partial charge in [0.1, 0.15) is 6.54 Å². The Morgan fingerprint density at radius 1 is 1.33 bits per heavy atom. The van der Waals surface area contributed by atoms with Gasteiger partial charge in [0.25, 0.3) is 0 Å². The van der Waals surface area contributed by atoms with Gasteiger partial charge in [-0.2, -0.15) is 0 Å². The van der Waals surface area contributed by atoms with Crippen LogP contribution >= 0.6 is 35.3 Å². The average molecular weight is 422 g/mol. The number of aliphatic imine (C=N–C) groups is 1. The number of fused-ring (bicyclic) bond motifs is 1. The van der Waals surface area contributed by atoms with Crippen molar-refractivity contribution in [1.29, 1.82) is 0 Å². The number of rotatable bonds is 2. The lowest BCUT2D eigenvalue weighted by Gasteiger charge is -2.27. The maximum Gasteiger partial charge on any atom is 0.244 e. The predicted octanol–water partition coefficient (Wildman–Crippen LogP) is 1.73. The van der Waals surface area contributed by atoms with Crippen molar-refractivity contribution in [3.63, 3.8) is 0 Å². The van der Waals surface area contributed by atoms with Crippen molar-refractivity contribution >= 4 is 47.2 Å². The highest BCUT2D eigenvalue weighted by atomic mass is 127. The number of nitrogens with zero attached hydrogens (tertiary/aromatic N) is 4. The summed E-state index contributed by atoms with van der Waals surface area (Å²) in [6, 6.07) is 2.12. The zero-order chi connectivity index (χ0) is 14.7. The zero-order valence-electron chi connectivity index (χ0n) is 13.0. The smallest absolute Gasteiger partial charge is 0.244 e. The van der Waals surface area contributed by atoms with Crippen molar-refractivity contribution in [3.05, 3.63) is 21.9 Å². The third kappa shape index (κ3) is 4.57. The number of carbonyl (C=O) groups is 1. The molecule has 0 fully saturated rings. The van der Waals surface area contributed by atoms with Crippen LogP contribution in [0.4, 0.5) is 0 Å². The molecular formula is C14H23IN4OS. The first-order chi connectivity index (χ1) is 9.49. The van der Waals surface area contributed by atoms with E-state index < -0.39 is 0 Å². The molecule has 0 unspecified atom stereocenters. The molecule has 0 saturated carbocycles. The second kappa shape index (κ2) is 7.98. The highest BCUT2D eigenvalue weighted by Crippen LogP contribution is 2.23. The molecule has 0 aliphatic carbocycles. The van der Waals surface area contributed by atoms with Gasteiger partial charge in [0.05, 0.1) is 0 Å². The molecule has 1 aliphatic heterocycles. The Balaban J connectivity index is 0.00000220. The molecule has 0 radical (unpaired) electrons. The molecular weight excluding hydrogens is 399 g/mol. The molecule has 2 heterocycles. The fraction of sp³-hybridized carbons (Fsp3) is 0.571. The third-order valence-corrected chi connectivity index (χ3v) is 4.34. The first kappa shape index (κ1) is 18.2. The second-order valence-corrected chi connectivity index (χ2v) is 6.34. The van der Waals surface area contributed by atoms with Crippen LogP contribution in [0.3, 0.4) is 0 Å². The molecule has 2 rings (SSSR count). The third-order valence-electron chi connectivity index (χ3n) is 3.32. The molecule has 5 nitrogen and oxygen atoms in total. The van der Waals surface area contributed by atoms with Gasteiger partial charge in [-0.3, -0.25) is 4.79 Å². The summed E-state index contributed by atoms with van der Waals surface area (Å²) in [7, 11) is 7.73. The minimum Gasteiger partial charge on any atom is -0.349 e.